The van der Waals surface area contributed by atoms with Gasteiger partial charge in [-0.2, -0.15) is 0 Å². The molecule has 0 aromatic heterocycles. The van der Waals surface area contributed by atoms with Crippen LogP contribution in [0.3, 0.4) is 0 Å². The molecule has 1 aliphatic carbocycles. The number of carbonyl (C=O) groups is 1. The molecule has 1 aromatic rings. The molecule has 0 bridgehead atoms. The van der Waals surface area contributed by atoms with E-state index >= 15 is 0 Å². The summed E-state index contributed by atoms with van der Waals surface area (Å²) in [4.78, 5) is 12.2. The average molecular weight is 336 g/mol. The van der Waals surface area contributed by atoms with Crippen molar-refractivity contribution in [3.05, 3.63) is 39.9 Å². The lowest BCUT2D eigenvalue weighted by atomic mass is 9.93. The van der Waals surface area contributed by atoms with Crippen LogP contribution >= 0.6 is 15.9 Å². The molecule has 106 valence electrons. The smallest absolute Gasteiger partial charge is 0.223 e. The zero-order valence-electron chi connectivity index (χ0n) is 11.3. The first-order valence-corrected chi connectivity index (χ1v) is 7.90. The SMILES string of the molecule is O=C(NCc1cc(Br)cc2c1OCC2)C1CC=CCC1. The Morgan fingerprint density at radius 1 is 1.40 bits per heavy atom. The van der Waals surface area contributed by atoms with Crippen molar-refractivity contribution in [2.24, 2.45) is 5.92 Å². The second-order valence-electron chi connectivity index (χ2n) is 5.35. The number of carbonyl (C=O) groups excluding carboxylic acids is 1. The quantitative estimate of drug-likeness (QED) is 0.860. The molecule has 0 fully saturated rings. The fourth-order valence-electron chi connectivity index (χ4n) is 2.84. The lowest BCUT2D eigenvalue weighted by Gasteiger charge is -2.18. The summed E-state index contributed by atoms with van der Waals surface area (Å²) in [6.07, 6.45) is 8.03. The molecule has 0 radical (unpaired) electrons. The van der Waals surface area contributed by atoms with Gasteiger partial charge in [0.2, 0.25) is 5.91 Å². The molecular formula is C16H18BrNO2. The Balaban J connectivity index is 1.66. The summed E-state index contributed by atoms with van der Waals surface area (Å²) in [6, 6.07) is 4.13. The fourth-order valence-corrected chi connectivity index (χ4v) is 3.39. The van der Waals surface area contributed by atoms with Crippen molar-refractivity contribution in [2.75, 3.05) is 6.61 Å². The predicted molar refractivity (Wildman–Crippen MR) is 81.7 cm³/mol. The highest BCUT2D eigenvalue weighted by molar-refractivity contribution is 9.10. The maximum Gasteiger partial charge on any atom is 0.223 e. The Morgan fingerprint density at radius 2 is 2.30 bits per heavy atom. The van der Waals surface area contributed by atoms with Gasteiger partial charge in [0.15, 0.2) is 0 Å². The molecule has 2 aliphatic rings. The van der Waals surface area contributed by atoms with E-state index in [2.05, 4.69) is 39.5 Å². The Labute approximate surface area is 127 Å². The molecular weight excluding hydrogens is 318 g/mol. The van der Waals surface area contributed by atoms with Crippen LogP contribution in [0.1, 0.15) is 30.4 Å². The number of amides is 1. The van der Waals surface area contributed by atoms with Crippen molar-refractivity contribution in [1.29, 1.82) is 0 Å². The molecule has 1 N–H and O–H groups in total. The van der Waals surface area contributed by atoms with Crippen molar-refractivity contribution in [3.63, 3.8) is 0 Å². The minimum atomic E-state index is 0.126. The van der Waals surface area contributed by atoms with Gasteiger partial charge in [-0.1, -0.05) is 28.1 Å². The number of allylic oxidation sites excluding steroid dienone is 2. The number of nitrogens with one attached hydrogen (secondary N) is 1. The van der Waals surface area contributed by atoms with E-state index in [1.807, 2.05) is 6.07 Å². The van der Waals surface area contributed by atoms with Crippen molar-refractivity contribution in [2.45, 2.75) is 32.2 Å². The van der Waals surface area contributed by atoms with Crippen LogP contribution in [0.4, 0.5) is 0 Å². The zero-order chi connectivity index (χ0) is 13.9. The number of halogens is 1. The Kier molecular flexibility index (Phi) is 4.10. The average Bonchev–Trinajstić information content (AvgIpc) is 2.93. The van der Waals surface area contributed by atoms with Gasteiger partial charge in [0.05, 0.1) is 6.61 Å². The van der Waals surface area contributed by atoms with Gasteiger partial charge in [0.1, 0.15) is 5.75 Å². The maximum absolute atomic E-state index is 12.2. The van der Waals surface area contributed by atoms with Crippen LogP contribution in [-0.4, -0.2) is 12.5 Å². The molecule has 4 heteroatoms. The van der Waals surface area contributed by atoms with Crippen LogP contribution in [0.2, 0.25) is 0 Å². The lowest BCUT2D eigenvalue weighted by Crippen LogP contribution is -2.30. The van der Waals surface area contributed by atoms with E-state index in [4.69, 9.17) is 4.74 Å². The third-order valence-electron chi connectivity index (χ3n) is 3.92. The maximum atomic E-state index is 12.2. The Morgan fingerprint density at radius 3 is 3.10 bits per heavy atom. The topological polar surface area (TPSA) is 38.3 Å². The summed E-state index contributed by atoms with van der Waals surface area (Å²) in [5.74, 6) is 1.24. The van der Waals surface area contributed by atoms with E-state index in [0.29, 0.717) is 6.54 Å². The van der Waals surface area contributed by atoms with Crippen molar-refractivity contribution >= 4 is 21.8 Å². The van der Waals surface area contributed by atoms with Gasteiger partial charge in [-0.05, 0) is 37.0 Å². The minimum Gasteiger partial charge on any atom is -0.493 e. The number of benzene rings is 1. The van der Waals surface area contributed by atoms with Crippen LogP contribution in [0.5, 0.6) is 5.75 Å². The van der Waals surface area contributed by atoms with E-state index in [1.54, 1.807) is 0 Å². The van der Waals surface area contributed by atoms with Crippen LogP contribution in [0, 0.1) is 5.92 Å². The third kappa shape index (κ3) is 2.90. The number of hydrogen-bond donors (Lipinski definition) is 1. The monoisotopic (exact) mass is 335 g/mol. The largest absolute Gasteiger partial charge is 0.493 e. The number of fused-ring (bicyclic) bond motifs is 1. The standard InChI is InChI=1S/C16H18BrNO2/c17-14-8-12-6-7-20-15(12)13(9-14)10-18-16(19)11-4-2-1-3-5-11/h1-2,8-9,11H,3-7,10H2,(H,18,19). The first-order valence-electron chi connectivity index (χ1n) is 7.11. The fraction of sp³-hybridized carbons (Fsp3) is 0.438. The van der Waals surface area contributed by atoms with Gasteiger partial charge in [-0.3, -0.25) is 4.79 Å². The number of rotatable bonds is 3. The van der Waals surface area contributed by atoms with E-state index in [0.717, 1.165) is 48.1 Å². The molecule has 1 heterocycles. The molecule has 3 nitrogen and oxygen atoms in total. The highest BCUT2D eigenvalue weighted by atomic mass is 79.9. The molecule has 1 aliphatic heterocycles. The van der Waals surface area contributed by atoms with Crippen molar-refractivity contribution in [1.82, 2.24) is 5.32 Å². The van der Waals surface area contributed by atoms with Gasteiger partial charge < -0.3 is 10.1 Å². The Hall–Kier alpha value is -1.29. The van der Waals surface area contributed by atoms with Gasteiger partial charge in [-0.25, -0.2) is 0 Å². The second kappa shape index (κ2) is 6.00. The first kappa shape index (κ1) is 13.7. The number of hydrogen-bond acceptors (Lipinski definition) is 2. The van der Waals surface area contributed by atoms with Crippen LogP contribution in [0.15, 0.2) is 28.8 Å². The molecule has 1 unspecified atom stereocenters. The first-order chi connectivity index (χ1) is 9.74. The van der Waals surface area contributed by atoms with E-state index in [9.17, 15) is 4.79 Å². The van der Waals surface area contributed by atoms with Crippen LogP contribution < -0.4 is 10.1 Å². The molecule has 0 saturated heterocycles. The summed E-state index contributed by atoms with van der Waals surface area (Å²) < 4.78 is 6.73. The third-order valence-corrected chi connectivity index (χ3v) is 4.38. The van der Waals surface area contributed by atoms with Crippen molar-refractivity contribution in [3.8, 4) is 5.75 Å². The summed E-state index contributed by atoms with van der Waals surface area (Å²) in [5, 5.41) is 3.05. The van der Waals surface area contributed by atoms with Crippen LogP contribution in [0.25, 0.3) is 0 Å². The molecule has 1 amide bonds. The lowest BCUT2D eigenvalue weighted by molar-refractivity contribution is -0.125. The van der Waals surface area contributed by atoms with E-state index < -0.39 is 0 Å². The molecule has 20 heavy (non-hydrogen) atoms. The Bertz CT molecular complexity index is 554. The summed E-state index contributed by atoms with van der Waals surface area (Å²) in [5.41, 5.74) is 2.29. The van der Waals surface area contributed by atoms with Gasteiger partial charge in [-0.15, -0.1) is 0 Å². The molecule has 0 spiro atoms. The zero-order valence-corrected chi connectivity index (χ0v) is 12.9. The van der Waals surface area contributed by atoms with Gasteiger partial charge in [0, 0.05) is 28.9 Å². The molecule has 1 atom stereocenters. The highest BCUT2D eigenvalue weighted by Gasteiger charge is 2.21. The second-order valence-corrected chi connectivity index (χ2v) is 6.27. The molecule has 3 rings (SSSR count). The minimum absolute atomic E-state index is 0.126. The normalized spacial score (nSPS) is 20.4. The van der Waals surface area contributed by atoms with Gasteiger partial charge >= 0.3 is 0 Å². The van der Waals surface area contributed by atoms with E-state index in [-0.39, 0.29) is 11.8 Å². The summed E-state index contributed by atoms with van der Waals surface area (Å²) in [7, 11) is 0. The van der Waals surface area contributed by atoms with E-state index in [1.165, 1.54) is 5.56 Å². The number of ether oxygens (including phenoxy) is 1. The highest BCUT2D eigenvalue weighted by Crippen LogP contribution is 2.33. The van der Waals surface area contributed by atoms with Crippen molar-refractivity contribution < 1.29 is 9.53 Å². The van der Waals surface area contributed by atoms with Gasteiger partial charge in [0.25, 0.3) is 0 Å². The predicted octanol–water partition coefficient (Wildman–Crippen LogP) is 3.36. The molecule has 0 saturated carbocycles. The summed E-state index contributed by atoms with van der Waals surface area (Å²) >= 11 is 3.52. The summed E-state index contributed by atoms with van der Waals surface area (Å²) in [6.45, 7) is 1.28. The van der Waals surface area contributed by atoms with Crippen LogP contribution in [-0.2, 0) is 17.8 Å². The molecule has 1 aromatic carbocycles.